The third kappa shape index (κ3) is 4.89. The van der Waals surface area contributed by atoms with Crippen molar-refractivity contribution in [3.05, 3.63) is 24.0 Å². The summed E-state index contributed by atoms with van der Waals surface area (Å²) >= 11 is 0. The van der Waals surface area contributed by atoms with Crippen LogP contribution in [0.25, 0.3) is 0 Å². The molecular weight excluding hydrogens is 238 g/mol. The van der Waals surface area contributed by atoms with E-state index >= 15 is 0 Å². The Bertz CT molecular complexity index is 426. The SMILES string of the molecule is CCCn1cccc1CNCCS(=O)(=O)NC. The van der Waals surface area contributed by atoms with Crippen molar-refractivity contribution < 1.29 is 8.42 Å². The van der Waals surface area contributed by atoms with E-state index in [4.69, 9.17) is 0 Å². The minimum absolute atomic E-state index is 0.109. The Kier molecular flexibility index (Phi) is 5.67. The average Bonchev–Trinajstić information content (AvgIpc) is 2.73. The Hall–Kier alpha value is -0.850. The number of nitrogens with zero attached hydrogens (tertiary/aromatic N) is 1. The zero-order valence-corrected chi connectivity index (χ0v) is 11.3. The van der Waals surface area contributed by atoms with Gasteiger partial charge in [0.2, 0.25) is 10.0 Å². The van der Waals surface area contributed by atoms with Crippen LogP contribution < -0.4 is 10.0 Å². The Morgan fingerprint density at radius 3 is 2.82 bits per heavy atom. The highest BCUT2D eigenvalue weighted by Crippen LogP contribution is 2.02. The van der Waals surface area contributed by atoms with Crippen LogP contribution in [-0.4, -0.2) is 32.3 Å². The van der Waals surface area contributed by atoms with Crippen molar-refractivity contribution >= 4 is 10.0 Å². The quantitative estimate of drug-likeness (QED) is 0.670. The van der Waals surface area contributed by atoms with Gasteiger partial charge in [-0.05, 0) is 25.6 Å². The van der Waals surface area contributed by atoms with Crippen molar-refractivity contribution in [1.82, 2.24) is 14.6 Å². The molecule has 0 atom stereocenters. The third-order valence-electron chi connectivity index (χ3n) is 2.55. The molecule has 0 saturated heterocycles. The maximum absolute atomic E-state index is 11.2. The molecule has 0 radical (unpaired) electrons. The molecule has 0 bridgehead atoms. The van der Waals surface area contributed by atoms with Gasteiger partial charge in [-0.25, -0.2) is 13.1 Å². The first kappa shape index (κ1) is 14.2. The Labute approximate surface area is 103 Å². The lowest BCUT2D eigenvalue weighted by Crippen LogP contribution is -2.29. The van der Waals surface area contributed by atoms with Gasteiger partial charge in [0.05, 0.1) is 5.75 Å². The smallest absolute Gasteiger partial charge is 0.212 e. The molecule has 2 N–H and O–H groups in total. The standard InChI is InChI=1S/C11H21N3O2S/c1-3-7-14-8-4-5-11(14)10-13-6-9-17(15,16)12-2/h4-5,8,12-13H,3,6-7,9-10H2,1-2H3. The molecule has 98 valence electrons. The highest BCUT2D eigenvalue weighted by molar-refractivity contribution is 7.89. The van der Waals surface area contributed by atoms with Gasteiger partial charge < -0.3 is 9.88 Å². The van der Waals surface area contributed by atoms with E-state index in [9.17, 15) is 8.42 Å². The molecule has 1 aromatic heterocycles. The molecule has 0 unspecified atom stereocenters. The summed E-state index contributed by atoms with van der Waals surface area (Å²) in [5.74, 6) is 0.109. The van der Waals surface area contributed by atoms with Crippen LogP contribution in [-0.2, 0) is 23.1 Å². The molecule has 6 heteroatoms. The van der Waals surface area contributed by atoms with Crippen molar-refractivity contribution in [1.29, 1.82) is 0 Å². The number of aromatic nitrogens is 1. The van der Waals surface area contributed by atoms with Crippen LogP contribution in [0.5, 0.6) is 0 Å². The normalized spacial score (nSPS) is 11.9. The molecular formula is C11H21N3O2S. The lowest BCUT2D eigenvalue weighted by atomic mass is 10.4. The van der Waals surface area contributed by atoms with Crippen molar-refractivity contribution in [3.63, 3.8) is 0 Å². The zero-order valence-electron chi connectivity index (χ0n) is 10.4. The summed E-state index contributed by atoms with van der Waals surface area (Å²) in [4.78, 5) is 0. The van der Waals surface area contributed by atoms with E-state index in [0.717, 1.165) is 13.0 Å². The van der Waals surface area contributed by atoms with Crippen LogP contribution >= 0.6 is 0 Å². The van der Waals surface area contributed by atoms with Crippen molar-refractivity contribution in [2.45, 2.75) is 26.4 Å². The average molecular weight is 259 g/mol. The number of aryl methyl sites for hydroxylation is 1. The fourth-order valence-corrected chi connectivity index (χ4v) is 2.21. The fourth-order valence-electron chi connectivity index (χ4n) is 1.59. The topological polar surface area (TPSA) is 63.1 Å². The summed E-state index contributed by atoms with van der Waals surface area (Å²) in [5.41, 5.74) is 1.19. The van der Waals surface area contributed by atoms with Crippen LogP contribution in [0.2, 0.25) is 0 Å². The van der Waals surface area contributed by atoms with Gasteiger partial charge in [-0.15, -0.1) is 0 Å². The van der Waals surface area contributed by atoms with E-state index in [2.05, 4.69) is 27.6 Å². The largest absolute Gasteiger partial charge is 0.350 e. The van der Waals surface area contributed by atoms with E-state index in [0.29, 0.717) is 13.1 Å². The van der Waals surface area contributed by atoms with E-state index in [1.165, 1.54) is 12.7 Å². The van der Waals surface area contributed by atoms with E-state index in [-0.39, 0.29) is 5.75 Å². The van der Waals surface area contributed by atoms with Crippen LogP contribution in [0, 0.1) is 0 Å². The molecule has 0 aliphatic rings. The molecule has 1 aromatic rings. The monoisotopic (exact) mass is 259 g/mol. The van der Waals surface area contributed by atoms with Gasteiger partial charge in [-0.1, -0.05) is 6.92 Å². The first-order chi connectivity index (χ1) is 8.09. The molecule has 0 spiro atoms. The lowest BCUT2D eigenvalue weighted by Gasteiger charge is -2.09. The van der Waals surface area contributed by atoms with E-state index in [1.54, 1.807) is 0 Å². The van der Waals surface area contributed by atoms with Gasteiger partial charge in [0.25, 0.3) is 0 Å². The first-order valence-corrected chi connectivity index (χ1v) is 7.50. The van der Waals surface area contributed by atoms with Gasteiger partial charge in [0, 0.05) is 31.5 Å². The van der Waals surface area contributed by atoms with E-state index in [1.807, 2.05) is 12.3 Å². The molecule has 1 heterocycles. The molecule has 0 fully saturated rings. The highest BCUT2D eigenvalue weighted by Gasteiger charge is 2.06. The molecule has 17 heavy (non-hydrogen) atoms. The summed E-state index contributed by atoms with van der Waals surface area (Å²) in [5, 5.41) is 3.14. The van der Waals surface area contributed by atoms with E-state index < -0.39 is 10.0 Å². The molecule has 0 amide bonds. The zero-order chi connectivity index (χ0) is 12.7. The number of nitrogens with one attached hydrogen (secondary N) is 2. The Morgan fingerprint density at radius 1 is 1.41 bits per heavy atom. The van der Waals surface area contributed by atoms with Gasteiger partial charge >= 0.3 is 0 Å². The molecule has 0 saturated carbocycles. The van der Waals surface area contributed by atoms with Gasteiger partial charge in [0.1, 0.15) is 0 Å². The van der Waals surface area contributed by atoms with Crippen molar-refractivity contribution in [2.24, 2.45) is 0 Å². The summed E-state index contributed by atoms with van der Waals surface area (Å²) in [6.45, 7) is 4.29. The second-order valence-electron chi connectivity index (χ2n) is 3.89. The molecule has 5 nitrogen and oxygen atoms in total. The van der Waals surface area contributed by atoms with Crippen molar-refractivity contribution in [3.8, 4) is 0 Å². The number of sulfonamides is 1. The number of hydrogen-bond acceptors (Lipinski definition) is 3. The molecule has 0 aliphatic heterocycles. The third-order valence-corrected chi connectivity index (χ3v) is 3.92. The van der Waals surface area contributed by atoms with Crippen LogP contribution in [0.3, 0.4) is 0 Å². The minimum Gasteiger partial charge on any atom is -0.350 e. The van der Waals surface area contributed by atoms with Crippen LogP contribution in [0.15, 0.2) is 18.3 Å². The van der Waals surface area contributed by atoms with Crippen LogP contribution in [0.4, 0.5) is 0 Å². The minimum atomic E-state index is -3.10. The Balaban J connectivity index is 2.33. The number of hydrogen-bond donors (Lipinski definition) is 2. The summed E-state index contributed by atoms with van der Waals surface area (Å²) < 4.78 is 26.8. The molecule has 0 aromatic carbocycles. The van der Waals surface area contributed by atoms with Crippen molar-refractivity contribution in [2.75, 3.05) is 19.3 Å². The number of rotatable bonds is 8. The van der Waals surface area contributed by atoms with Gasteiger partial charge in [0.15, 0.2) is 0 Å². The second kappa shape index (κ2) is 6.78. The van der Waals surface area contributed by atoms with Gasteiger partial charge in [-0.2, -0.15) is 0 Å². The van der Waals surface area contributed by atoms with Gasteiger partial charge in [-0.3, -0.25) is 0 Å². The second-order valence-corrected chi connectivity index (χ2v) is 5.94. The fraction of sp³-hybridized carbons (Fsp3) is 0.636. The van der Waals surface area contributed by atoms with Crippen LogP contribution in [0.1, 0.15) is 19.0 Å². The predicted molar refractivity (Wildman–Crippen MR) is 69.3 cm³/mol. The summed E-state index contributed by atoms with van der Waals surface area (Å²) in [6.07, 6.45) is 3.14. The summed E-state index contributed by atoms with van der Waals surface area (Å²) in [6, 6.07) is 4.06. The molecule has 1 rings (SSSR count). The predicted octanol–water partition coefficient (Wildman–Crippen LogP) is 0.537. The lowest BCUT2D eigenvalue weighted by molar-refractivity contribution is 0.578. The maximum Gasteiger partial charge on any atom is 0.212 e. The molecule has 0 aliphatic carbocycles. The highest BCUT2D eigenvalue weighted by atomic mass is 32.2. The first-order valence-electron chi connectivity index (χ1n) is 5.85. The Morgan fingerprint density at radius 2 is 2.18 bits per heavy atom. The summed E-state index contributed by atoms with van der Waals surface area (Å²) in [7, 11) is -1.67. The maximum atomic E-state index is 11.2.